The smallest absolute Gasteiger partial charge is 0.357 e. The van der Waals surface area contributed by atoms with Gasteiger partial charge in [0.25, 0.3) is 0 Å². The number of benzene rings is 1. The molecule has 0 spiro atoms. The number of hydrogen-bond acceptors (Lipinski definition) is 5. The van der Waals surface area contributed by atoms with Crippen molar-refractivity contribution in [3.63, 3.8) is 0 Å². The number of rotatable bonds is 5. The number of hydrogen-bond donors (Lipinski definition) is 1. The van der Waals surface area contributed by atoms with E-state index >= 15 is 0 Å². The summed E-state index contributed by atoms with van der Waals surface area (Å²) in [6, 6.07) is 6.45. The fourth-order valence-corrected chi connectivity index (χ4v) is 5.00. The Hall–Kier alpha value is -1.65. The van der Waals surface area contributed by atoms with Gasteiger partial charge in [0.1, 0.15) is 4.88 Å². The first-order valence-electron chi connectivity index (χ1n) is 8.13. The van der Waals surface area contributed by atoms with Gasteiger partial charge in [0.05, 0.1) is 11.1 Å². The molecule has 0 saturated carbocycles. The number of piperidine rings is 1. The molecule has 0 amide bonds. The van der Waals surface area contributed by atoms with Crippen molar-refractivity contribution >= 4 is 26.5 Å². The first-order valence-corrected chi connectivity index (χ1v) is 10.4. The summed E-state index contributed by atoms with van der Waals surface area (Å²) >= 11 is 0.518. The number of thiazole rings is 1. The summed E-state index contributed by atoms with van der Waals surface area (Å²) in [7, 11) is -3.54. The van der Waals surface area contributed by atoms with E-state index < -0.39 is 21.1 Å². The third kappa shape index (κ3) is 4.36. The molecule has 1 N–H and O–H groups in total. The van der Waals surface area contributed by atoms with Gasteiger partial charge < -0.3 is 5.32 Å². The molecule has 1 saturated heterocycles. The van der Waals surface area contributed by atoms with Crippen molar-refractivity contribution in [1.82, 2.24) is 9.29 Å². The minimum absolute atomic E-state index is 0.140. The van der Waals surface area contributed by atoms with E-state index in [1.54, 1.807) is 24.3 Å². The lowest BCUT2D eigenvalue weighted by Crippen LogP contribution is -2.35. The van der Waals surface area contributed by atoms with Crippen LogP contribution in [0.1, 0.15) is 29.7 Å². The maximum Gasteiger partial charge on any atom is 0.427 e. The second kappa shape index (κ2) is 7.53. The third-order valence-electron chi connectivity index (χ3n) is 4.08. The summed E-state index contributed by atoms with van der Waals surface area (Å²) in [5.74, 6) is 0. The monoisotopic (exact) mass is 405 g/mol. The van der Waals surface area contributed by atoms with Crippen LogP contribution < -0.4 is 5.32 Å². The van der Waals surface area contributed by atoms with E-state index in [2.05, 4.69) is 10.3 Å². The summed E-state index contributed by atoms with van der Waals surface area (Å²) in [4.78, 5) is 3.13. The molecule has 1 aromatic carbocycles. The van der Waals surface area contributed by atoms with E-state index in [9.17, 15) is 21.6 Å². The van der Waals surface area contributed by atoms with E-state index in [4.69, 9.17) is 0 Å². The summed E-state index contributed by atoms with van der Waals surface area (Å²) in [5, 5.41) is 2.95. The van der Waals surface area contributed by atoms with Crippen LogP contribution in [0, 0.1) is 0 Å². The normalized spacial score (nSPS) is 16.6. The number of halogens is 3. The first kappa shape index (κ1) is 19.1. The molecule has 1 aromatic heterocycles. The lowest BCUT2D eigenvalue weighted by atomic mass is 10.2. The van der Waals surface area contributed by atoms with Gasteiger partial charge in [-0.15, -0.1) is 0 Å². The average molecular weight is 405 g/mol. The fourth-order valence-electron chi connectivity index (χ4n) is 2.73. The van der Waals surface area contributed by atoms with Crippen LogP contribution in [0.25, 0.3) is 0 Å². The standard InChI is InChI=1S/C16H18F3N3O2S2/c17-16(18,19)14-11-21-15(25-14)20-10-12-5-4-6-13(9-12)26(23,24)22-7-2-1-3-8-22/h4-6,9,11H,1-3,7-8,10H2,(H,20,21). The SMILES string of the molecule is O=S(=O)(c1cccc(CNc2ncc(C(F)(F)F)s2)c1)N1CCCCC1. The molecule has 0 atom stereocenters. The number of alkyl halides is 3. The Bertz CT molecular complexity index is 860. The van der Waals surface area contributed by atoms with E-state index in [0.29, 0.717) is 30.0 Å². The van der Waals surface area contributed by atoms with E-state index in [0.717, 1.165) is 25.5 Å². The van der Waals surface area contributed by atoms with Crippen molar-refractivity contribution < 1.29 is 21.6 Å². The Labute approximate surface area is 153 Å². The minimum atomic E-state index is -4.42. The molecular formula is C16H18F3N3O2S2. The molecule has 1 fully saturated rings. The quantitative estimate of drug-likeness (QED) is 0.818. The zero-order valence-corrected chi connectivity index (χ0v) is 15.4. The maximum absolute atomic E-state index is 12.7. The lowest BCUT2D eigenvalue weighted by molar-refractivity contribution is -0.134. The highest BCUT2D eigenvalue weighted by molar-refractivity contribution is 7.89. The molecule has 0 unspecified atom stereocenters. The maximum atomic E-state index is 12.7. The molecule has 142 valence electrons. The van der Waals surface area contributed by atoms with Gasteiger partial charge in [-0.05, 0) is 30.5 Å². The summed E-state index contributed by atoms with van der Waals surface area (Å²) in [6.45, 7) is 1.22. The van der Waals surface area contributed by atoms with Gasteiger partial charge in [-0.25, -0.2) is 13.4 Å². The van der Waals surface area contributed by atoms with E-state index in [1.165, 1.54) is 4.31 Å². The topological polar surface area (TPSA) is 62.3 Å². The van der Waals surface area contributed by atoms with E-state index in [-0.39, 0.29) is 16.6 Å². The second-order valence-electron chi connectivity index (χ2n) is 5.99. The summed E-state index contributed by atoms with van der Waals surface area (Å²) in [5.41, 5.74) is 0.659. The third-order valence-corrected chi connectivity index (χ3v) is 6.97. The van der Waals surface area contributed by atoms with Gasteiger partial charge in [0, 0.05) is 19.6 Å². The van der Waals surface area contributed by atoms with E-state index in [1.807, 2.05) is 0 Å². The van der Waals surface area contributed by atoms with Crippen LogP contribution in [-0.4, -0.2) is 30.8 Å². The molecular weight excluding hydrogens is 387 g/mol. The predicted octanol–water partition coefficient (Wildman–Crippen LogP) is 3.95. The molecule has 2 aromatic rings. The molecule has 2 heterocycles. The van der Waals surface area contributed by atoms with Crippen molar-refractivity contribution in [3.8, 4) is 0 Å². The van der Waals surface area contributed by atoms with Crippen molar-refractivity contribution in [2.75, 3.05) is 18.4 Å². The van der Waals surface area contributed by atoms with Crippen molar-refractivity contribution in [2.24, 2.45) is 0 Å². The minimum Gasteiger partial charge on any atom is -0.357 e. The van der Waals surface area contributed by atoms with Crippen LogP contribution >= 0.6 is 11.3 Å². The number of anilines is 1. The zero-order valence-electron chi connectivity index (χ0n) is 13.8. The molecule has 3 rings (SSSR count). The Balaban J connectivity index is 1.70. The van der Waals surface area contributed by atoms with Crippen LogP contribution in [0.5, 0.6) is 0 Å². The highest BCUT2D eigenvalue weighted by Gasteiger charge is 2.33. The lowest BCUT2D eigenvalue weighted by Gasteiger charge is -2.26. The largest absolute Gasteiger partial charge is 0.427 e. The van der Waals surface area contributed by atoms with Gasteiger partial charge in [0.15, 0.2) is 5.13 Å². The Morgan fingerprint density at radius 3 is 2.58 bits per heavy atom. The van der Waals surface area contributed by atoms with Crippen molar-refractivity contribution in [2.45, 2.75) is 36.9 Å². The highest BCUT2D eigenvalue weighted by Crippen LogP contribution is 2.35. The summed E-state index contributed by atoms with van der Waals surface area (Å²) in [6.07, 6.45) is -0.897. The molecule has 1 aliphatic rings. The number of sulfonamides is 1. The molecule has 0 bridgehead atoms. The van der Waals surface area contributed by atoms with Crippen LogP contribution in [0.4, 0.5) is 18.3 Å². The first-order chi connectivity index (χ1) is 12.3. The number of nitrogens with one attached hydrogen (secondary N) is 1. The van der Waals surface area contributed by atoms with Crippen LogP contribution in [0.15, 0.2) is 35.4 Å². The molecule has 1 aliphatic heterocycles. The molecule has 0 aliphatic carbocycles. The molecule has 26 heavy (non-hydrogen) atoms. The van der Waals surface area contributed by atoms with Crippen LogP contribution in [0.2, 0.25) is 0 Å². The summed E-state index contributed by atoms with van der Waals surface area (Å²) < 4.78 is 64.7. The zero-order chi connectivity index (χ0) is 18.8. The number of aromatic nitrogens is 1. The van der Waals surface area contributed by atoms with Crippen molar-refractivity contribution in [3.05, 3.63) is 40.9 Å². The van der Waals surface area contributed by atoms with Crippen LogP contribution in [-0.2, 0) is 22.7 Å². The average Bonchev–Trinajstić information content (AvgIpc) is 3.10. The van der Waals surface area contributed by atoms with Gasteiger partial charge in [0.2, 0.25) is 10.0 Å². The second-order valence-corrected chi connectivity index (χ2v) is 8.96. The number of nitrogens with zero attached hydrogens (tertiary/aromatic N) is 2. The highest BCUT2D eigenvalue weighted by atomic mass is 32.2. The fraction of sp³-hybridized carbons (Fsp3) is 0.438. The van der Waals surface area contributed by atoms with Gasteiger partial charge >= 0.3 is 6.18 Å². The van der Waals surface area contributed by atoms with Gasteiger partial charge in [-0.1, -0.05) is 29.9 Å². The molecule has 0 radical (unpaired) electrons. The Morgan fingerprint density at radius 2 is 1.92 bits per heavy atom. The van der Waals surface area contributed by atoms with Gasteiger partial charge in [-0.3, -0.25) is 0 Å². The molecule has 10 heteroatoms. The Kier molecular flexibility index (Phi) is 5.54. The predicted molar refractivity (Wildman–Crippen MR) is 93.5 cm³/mol. The van der Waals surface area contributed by atoms with Gasteiger partial charge in [-0.2, -0.15) is 17.5 Å². The van der Waals surface area contributed by atoms with Crippen LogP contribution in [0.3, 0.4) is 0 Å². The molecule has 5 nitrogen and oxygen atoms in total. The Morgan fingerprint density at radius 1 is 1.19 bits per heavy atom. The van der Waals surface area contributed by atoms with Crippen molar-refractivity contribution in [1.29, 1.82) is 0 Å².